The monoisotopic (exact) mass is 498 g/mol. The van der Waals surface area contributed by atoms with Gasteiger partial charge in [0, 0.05) is 18.7 Å². The van der Waals surface area contributed by atoms with E-state index in [1.807, 2.05) is 31.2 Å². The molecule has 0 aromatic heterocycles. The van der Waals surface area contributed by atoms with Crippen LogP contribution in [0.1, 0.15) is 35.3 Å². The minimum absolute atomic E-state index is 0.0600. The highest BCUT2D eigenvalue weighted by Gasteiger charge is 2.23. The summed E-state index contributed by atoms with van der Waals surface area (Å²) in [4.78, 5) is 12.9. The van der Waals surface area contributed by atoms with Gasteiger partial charge in [0.25, 0.3) is 15.9 Å². The summed E-state index contributed by atoms with van der Waals surface area (Å²) in [5.41, 5.74) is 1.81. The molecule has 0 saturated heterocycles. The third kappa shape index (κ3) is 5.68. The second-order valence-corrected chi connectivity index (χ2v) is 9.71. The van der Waals surface area contributed by atoms with Crippen molar-refractivity contribution < 1.29 is 27.4 Å². The van der Waals surface area contributed by atoms with Gasteiger partial charge in [-0.05, 0) is 60.5 Å². The van der Waals surface area contributed by atoms with Crippen LogP contribution in [0.4, 0.5) is 5.69 Å². The zero-order chi connectivity index (χ0) is 25.6. The standard InChI is InChI=1S/C26H30N2O6S/c1-6-23(18-9-13-21(32-3)14-10-18)27-26(29)19-7-11-20(12-8-19)28(2)35(30,31)22-15-16-24(33-4)25(17-22)34-5/h7-17,23H,6H2,1-5H3,(H,27,29)/t23-/m0/s1. The van der Waals surface area contributed by atoms with E-state index in [-0.39, 0.29) is 16.8 Å². The number of nitrogens with zero attached hydrogens (tertiary/aromatic N) is 1. The van der Waals surface area contributed by atoms with Crippen LogP contribution in [0.2, 0.25) is 0 Å². The number of benzene rings is 3. The summed E-state index contributed by atoms with van der Waals surface area (Å²) in [6, 6.07) is 18.2. The van der Waals surface area contributed by atoms with E-state index in [4.69, 9.17) is 14.2 Å². The molecular weight excluding hydrogens is 468 g/mol. The Balaban J connectivity index is 1.76. The molecule has 1 amide bonds. The van der Waals surface area contributed by atoms with E-state index in [2.05, 4.69) is 5.32 Å². The van der Waals surface area contributed by atoms with Crippen molar-refractivity contribution in [1.82, 2.24) is 5.32 Å². The molecule has 0 aliphatic heterocycles. The quantitative estimate of drug-likeness (QED) is 0.445. The first-order chi connectivity index (χ1) is 16.7. The van der Waals surface area contributed by atoms with Crippen molar-refractivity contribution in [2.45, 2.75) is 24.3 Å². The van der Waals surface area contributed by atoms with Crippen molar-refractivity contribution in [3.63, 3.8) is 0 Å². The van der Waals surface area contributed by atoms with E-state index in [9.17, 15) is 13.2 Å². The minimum Gasteiger partial charge on any atom is -0.497 e. The van der Waals surface area contributed by atoms with Crippen LogP contribution < -0.4 is 23.8 Å². The number of anilines is 1. The van der Waals surface area contributed by atoms with Crippen molar-refractivity contribution in [3.05, 3.63) is 77.9 Å². The first-order valence-electron chi connectivity index (χ1n) is 11.0. The molecule has 9 heteroatoms. The van der Waals surface area contributed by atoms with Gasteiger partial charge in [0.2, 0.25) is 0 Å². The Labute approximate surface area is 206 Å². The number of sulfonamides is 1. The van der Waals surface area contributed by atoms with E-state index < -0.39 is 10.0 Å². The maximum Gasteiger partial charge on any atom is 0.264 e. The summed E-state index contributed by atoms with van der Waals surface area (Å²) in [5.74, 6) is 1.25. The molecule has 1 N–H and O–H groups in total. The highest BCUT2D eigenvalue weighted by Crippen LogP contribution is 2.31. The van der Waals surface area contributed by atoms with Gasteiger partial charge in [0.1, 0.15) is 5.75 Å². The first kappa shape index (κ1) is 25.9. The predicted octanol–water partition coefficient (Wildman–Crippen LogP) is 4.42. The number of nitrogens with one attached hydrogen (secondary N) is 1. The molecule has 1 atom stereocenters. The average molecular weight is 499 g/mol. The lowest BCUT2D eigenvalue weighted by Crippen LogP contribution is -2.28. The maximum atomic E-state index is 13.1. The summed E-state index contributed by atoms with van der Waals surface area (Å²) in [6.45, 7) is 1.99. The summed E-state index contributed by atoms with van der Waals surface area (Å²) < 4.78 is 43.0. The number of ether oxygens (including phenoxy) is 3. The number of hydrogen-bond donors (Lipinski definition) is 1. The second kappa shape index (κ2) is 11.1. The largest absolute Gasteiger partial charge is 0.497 e. The maximum absolute atomic E-state index is 13.1. The molecular formula is C26H30N2O6S. The normalized spacial score (nSPS) is 11.9. The molecule has 0 radical (unpaired) electrons. The van der Waals surface area contributed by atoms with Crippen LogP contribution in [0.25, 0.3) is 0 Å². The van der Waals surface area contributed by atoms with Gasteiger partial charge in [-0.2, -0.15) is 0 Å². The molecule has 3 rings (SSSR count). The van der Waals surface area contributed by atoms with Crippen molar-refractivity contribution in [2.24, 2.45) is 0 Å². The summed E-state index contributed by atoms with van der Waals surface area (Å²) in [5, 5.41) is 3.03. The van der Waals surface area contributed by atoms with Crippen LogP contribution in [0.3, 0.4) is 0 Å². The molecule has 0 aliphatic carbocycles. The zero-order valence-electron chi connectivity index (χ0n) is 20.4. The Kier molecular flexibility index (Phi) is 8.24. The predicted molar refractivity (Wildman–Crippen MR) is 135 cm³/mol. The van der Waals surface area contributed by atoms with Crippen LogP contribution in [0.5, 0.6) is 17.2 Å². The fourth-order valence-electron chi connectivity index (χ4n) is 3.60. The van der Waals surface area contributed by atoms with Gasteiger partial charge in [-0.25, -0.2) is 8.42 Å². The van der Waals surface area contributed by atoms with Crippen molar-refractivity contribution in [3.8, 4) is 17.2 Å². The molecule has 8 nitrogen and oxygen atoms in total. The molecule has 0 unspecified atom stereocenters. The molecule has 186 valence electrons. The molecule has 35 heavy (non-hydrogen) atoms. The third-order valence-electron chi connectivity index (χ3n) is 5.74. The molecule has 0 fully saturated rings. The van der Waals surface area contributed by atoms with Crippen LogP contribution in [0.15, 0.2) is 71.6 Å². The third-order valence-corrected chi connectivity index (χ3v) is 7.52. The van der Waals surface area contributed by atoms with Gasteiger partial charge >= 0.3 is 0 Å². The van der Waals surface area contributed by atoms with E-state index in [1.54, 1.807) is 37.4 Å². The van der Waals surface area contributed by atoms with Gasteiger partial charge < -0.3 is 19.5 Å². The Bertz CT molecular complexity index is 1260. The van der Waals surface area contributed by atoms with Crippen molar-refractivity contribution >= 4 is 21.6 Å². The smallest absolute Gasteiger partial charge is 0.264 e. The topological polar surface area (TPSA) is 94.2 Å². The zero-order valence-corrected chi connectivity index (χ0v) is 21.3. The van der Waals surface area contributed by atoms with Crippen LogP contribution >= 0.6 is 0 Å². The molecule has 0 spiro atoms. The van der Waals surface area contributed by atoms with Gasteiger partial charge in [0.15, 0.2) is 11.5 Å². The number of carbonyl (C=O) groups excluding carboxylic acids is 1. The molecule has 3 aromatic rings. The van der Waals surface area contributed by atoms with Crippen LogP contribution in [0, 0.1) is 0 Å². The van der Waals surface area contributed by atoms with E-state index in [0.29, 0.717) is 29.2 Å². The number of carbonyl (C=O) groups is 1. The number of methoxy groups -OCH3 is 3. The SMILES string of the molecule is CC[C@H](NC(=O)c1ccc(N(C)S(=O)(=O)c2ccc(OC)c(OC)c2)cc1)c1ccc(OC)cc1. The Morgan fingerprint density at radius 3 is 2.06 bits per heavy atom. The van der Waals surface area contributed by atoms with E-state index in [0.717, 1.165) is 15.6 Å². The fraction of sp³-hybridized carbons (Fsp3) is 0.269. The van der Waals surface area contributed by atoms with Crippen molar-refractivity contribution in [2.75, 3.05) is 32.7 Å². The Hall–Kier alpha value is -3.72. The van der Waals surface area contributed by atoms with E-state index in [1.165, 1.54) is 33.4 Å². The van der Waals surface area contributed by atoms with Gasteiger partial charge in [-0.3, -0.25) is 9.10 Å². The van der Waals surface area contributed by atoms with Gasteiger partial charge in [-0.15, -0.1) is 0 Å². The first-order valence-corrected chi connectivity index (χ1v) is 12.4. The molecule has 0 heterocycles. The lowest BCUT2D eigenvalue weighted by atomic mass is 10.0. The molecule has 3 aromatic carbocycles. The molecule has 0 bridgehead atoms. The fourth-order valence-corrected chi connectivity index (χ4v) is 4.81. The van der Waals surface area contributed by atoms with Crippen LogP contribution in [-0.2, 0) is 10.0 Å². The lowest BCUT2D eigenvalue weighted by Gasteiger charge is -2.21. The Morgan fingerprint density at radius 2 is 1.51 bits per heavy atom. The Morgan fingerprint density at radius 1 is 0.886 bits per heavy atom. The number of hydrogen-bond acceptors (Lipinski definition) is 6. The number of rotatable bonds is 10. The van der Waals surface area contributed by atoms with Gasteiger partial charge in [0.05, 0.1) is 38.0 Å². The van der Waals surface area contributed by atoms with Gasteiger partial charge in [-0.1, -0.05) is 19.1 Å². The second-order valence-electron chi connectivity index (χ2n) is 7.74. The average Bonchev–Trinajstić information content (AvgIpc) is 2.90. The summed E-state index contributed by atoms with van der Waals surface area (Å²) >= 11 is 0. The van der Waals surface area contributed by atoms with Crippen LogP contribution in [-0.4, -0.2) is 42.7 Å². The van der Waals surface area contributed by atoms with Crippen molar-refractivity contribution in [1.29, 1.82) is 0 Å². The highest BCUT2D eigenvalue weighted by atomic mass is 32.2. The minimum atomic E-state index is -3.86. The highest BCUT2D eigenvalue weighted by molar-refractivity contribution is 7.92. The lowest BCUT2D eigenvalue weighted by molar-refractivity contribution is 0.0935. The summed E-state index contributed by atoms with van der Waals surface area (Å²) in [6.07, 6.45) is 0.711. The van der Waals surface area contributed by atoms with E-state index >= 15 is 0 Å². The number of amides is 1. The molecule has 0 aliphatic rings. The summed E-state index contributed by atoms with van der Waals surface area (Å²) in [7, 11) is 2.13. The molecule has 0 saturated carbocycles.